The van der Waals surface area contributed by atoms with Crippen LogP contribution in [0.5, 0.6) is 5.75 Å². The van der Waals surface area contributed by atoms with E-state index in [9.17, 15) is 0 Å². The second-order valence-corrected chi connectivity index (χ2v) is 8.79. The molecule has 1 saturated carbocycles. The fraction of sp³-hybridized carbons (Fsp3) is 0.538. The van der Waals surface area contributed by atoms with Crippen LogP contribution < -0.4 is 16.2 Å². The highest BCUT2D eigenvalue weighted by Crippen LogP contribution is 2.37. The van der Waals surface area contributed by atoms with Gasteiger partial charge in [0, 0.05) is 23.5 Å². The van der Waals surface area contributed by atoms with Crippen molar-refractivity contribution >= 4 is 11.4 Å². The number of hydrogen-bond acceptors (Lipinski definition) is 3. The SMILES string of the molecule is CCCCCCCC1CCC(c2ccc(COc3cc(N)cc(N)c3)cc2)CC1. The summed E-state index contributed by atoms with van der Waals surface area (Å²) in [7, 11) is 0. The highest BCUT2D eigenvalue weighted by molar-refractivity contribution is 5.56. The van der Waals surface area contributed by atoms with E-state index in [2.05, 4.69) is 31.2 Å². The van der Waals surface area contributed by atoms with Gasteiger partial charge < -0.3 is 16.2 Å². The van der Waals surface area contributed by atoms with E-state index in [-0.39, 0.29) is 0 Å². The molecule has 0 radical (unpaired) electrons. The van der Waals surface area contributed by atoms with Crippen LogP contribution in [0.25, 0.3) is 0 Å². The first-order valence-corrected chi connectivity index (χ1v) is 11.5. The smallest absolute Gasteiger partial charge is 0.123 e. The molecule has 3 rings (SSSR count). The van der Waals surface area contributed by atoms with Gasteiger partial charge in [0.05, 0.1) is 0 Å². The number of ether oxygens (including phenoxy) is 1. The lowest BCUT2D eigenvalue weighted by molar-refractivity contribution is 0.301. The molecule has 0 saturated heterocycles. The number of unbranched alkanes of at least 4 members (excludes halogenated alkanes) is 4. The molecule has 0 heterocycles. The lowest BCUT2D eigenvalue weighted by Crippen LogP contribution is -2.13. The normalized spacial score (nSPS) is 19.2. The maximum Gasteiger partial charge on any atom is 0.123 e. The molecule has 0 amide bonds. The molecule has 158 valence electrons. The third-order valence-electron chi connectivity index (χ3n) is 6.37. The Morgan fingerprint density at radius 2 is 1.48 bits per heavy atom. The van der Waals surface area contributed by atoms with E-state index >= 15 is 0 Å². The summed E-state index contributed by atoms with van der Waals surface area (Å²) in [6, 6.07) is 14.3. The molecule has 1 aliphatic carbocycles. The molecule has 2 aromatic carbocycles. The highest BCUT2D eigenvalue weighted by Gasteiger charge is 2.22. The zero-order valence-electron chi connectivity index (χ0n) is 18.0. The van der Waals surface area contributed by atoms with E-state index in [4.69, 9.17) is 16.2 Å². The first-order valence-electron chi connectivity index (χ1n) is 11.5. The summed E-state index contributed by atoms with van der Waals surface area (Å²) < 4.78 is 5.86. The average Bonchev–Trinajstić information content (AvgIpc) is 2.72. The van der Waals surface area contributed by atoms with Crippen LogP contribution in [-0.2, 0) is 6.61 Å². The largest absolute Gasteiger partial charge is 0.489 e. The molecular formula is C26H38N2O. The van der Waals surface area contributed by atoms with Gasteiger partial charge >= 0.3 is 0 Å². The minimum absolute atomic E-state index is 0.536. The predicted molar refractivity (Wildman–Crippen MR) is 124 cm³/mol. The van der Waals surface area contributed by atoms with Gasteiger partial charge in [0.15, 0.2) is 0 Å². The third-order valence-corrected chi connectivity index (χ3v) is 6.37. The van der Waals surface area contributed by atoms with E-state index in [1.165, 1.54) is 75.3 Å². The molecule has 1 aliphatic rings. The maximum atomic E-state index is 5.86. The number of nitrogen functional groups attached to an aromatic ring is 2. The van der Waals surface area contributed by atoms with Crippen LogP contribution in [-0.4, -0.2) is 0 Å². The fourth-order valence-electron chi connectivity index (χ4n) is 4.60. The summed E-state index contributed by atoms with van der Waals surface area (Å²) in [5.41, 5.74) is 15.6. The molecule has 0 atom stereocenters. The molecule has 2 aromatic rings. The zero-order chi connectivity index (χ0) is 20.5. The predicted octanol–water partition coefficient (Wildman–Crippen LogP) is 7.06. The van der Waals surface area contributed by atoms with E-state index in [1.54, 1.807) is 6.07 Å². The molecule has 0 bridgehead atoms. The van der Waals surface area contributed by atoms with E-state index in [0.29, 0.717) is 18.0 Å². The monoisotopic (exact) mass is 394 g/mol. The first-order chi connectivity index (χ1) is 14.1. The summed E-state index contributed by atoms with van der Waals surface area (Å²) in [6.45, 7) is 2.82. The van der Waals surface area contributed by atoms with Crippen LogP contribution in [0.2, 0.25) is 0 Å². The molecule has 4 N–H and O–H groups in total. The van der Waals surface area contributed by atoms with Crippen LogP contribution in [0.15, 0.2) is 42.5 Å². The van der Waals surface area contributed by atoms with Crippen molar-refractivity contribution in [3.05, 3.63) is 53.6 Å². The van der Waals surface area contributed by atoms with Crippen molar-refractivity contribution in [2.24, 2.45) is 5.92 Å². The van der Waals surface area contributed by atoms with Gasteiger partial charge in [-0.25, -0.2) is 0 Å². The summed E-state index contributed by atoms with van der Waals surface area (Å²) in [5, 5.41) is 0. The zero-order valence-corrected chi connectivity index (χ0v) is 18.0. The van der Waals surface area contributed by atoms with Crippen molar-refractivity contribution in [3.63, 3.8) is 0 Å². The number of anilines is 2. The Morgan fingerprint density at radius 1 is 0.828 bits per heavy atom. The van der Waals surface area contributed by atoms with Crippen molar-refractivity contribution in [3.8, 4) is 5.75 Å². The topological polar surface area (TPSA) is 61.3 Å². The van der Waals surface area contributed by atoms with Crippen molar-refractivity contribution in [1.82, 2.24) is 0 Å². The van der Waals surface area contributed by atoms with Crippen LogP contribution in [0, 0.1) is 5.92 Å². The van der Waals surface area contributed by atoms with E-state index in [1.807, 2.05) is 12.1 Å². The molecule has 0 spiro atoms. The van der Waals surface area contributed by atoms with E-state index in [0.717, 1.165) is 17.6 Å². The molecular weight excluding hydrogens is 356 g/mol. The lowest BCUT2D eigenvalue weighted by Gasteiger charge is -2.29. The molecule has 29 heavy (non-hydrogen) atoms. The van der Waals surface area contributed by atoms with Gasteiger partial charge in [-0.3, -0.25) is 0 Å². The van der Waals surface area contributed by atoms with Crippen molar-refractivity contribution < 1.29 is 4.74 Å². The van der Waals surface area contributed by atoms with E-state index < -0.39 is 0 Å². The minimum atomic E-state index is 0.536. The first kappa shape index (κ1) is 21.5. The standard InChI is InChI=1S/C26H38N2O/c1-2-3-4-5-6-7-20-8-12-22(13-9-20)23-14-10-21(11-15-23)19-29-26-17-24(27)16-25(28)18-26/h10-11,14-18,20,22H,2-9,12-13,19,27-28H2,1H3. The Morgan fingerprint density at radius 3 is 2.14 bits per heavy atom. The average molecular weight is 395 g/mol. The van der Waals surface area contributed by atoms with Gasteiger partial charge in [0.1, 0.15) is 12.4 Å². The quantitative estimate of drug-likeness (QED) is 0.335. The van der Waals surface area contributed by atoms with Gasteiger partial charge in [-0.05, 0) is 54.7 Å². The van der Waals surface area contributed by atoms with Crippen molar-refractivity contribution in [2.75, 3.05) is 11.5 Å². The van der Waals surface area contributed by atoms with Crippen molar-refractivity contribution in [1.29, 1.82) is 0 Å². The Hall–Kier alpha value is -2.16. The van der Waals surface area contributed by atoms with Gasteiger partial charge in [-0.15, -0.1) is 0 Å². The fourth-order valence-corrected chi connectivity index (χ4v) is 4.60. The lowest BCUT2D eigenvalue weighted by atomic mass is 9.77. The molecule has 0 aromatic heterocycles. The molecule has 0 unspecified atom stereocenters. The second-order valence-electron chi connectivity index (χ2n) is 8.79. The Kier molecular flexibility index (Phi) is 8.27. The Balaban J connectivity index is 1.41. The summed E-state index contributed by atoms with van der Waals surface area (Å²) in [4.78, 5) is 0. The number of nitrogens with two attached hydrogens (primary N) is 2. The summed E-state index contributed by atoms with van der Waals surface area (Å²) in [5.74, 6) is 2.42. The Labute approximate surface area is 176 Å². The molecule has 3 heteroatoms. The van der Waals surface area contributed by atoms with Crippen LogP contribution >= 0.6 is 0 Å². The number of rotatable bonds is 10. The highest BCUT2D eigenvalue weighted by atomic mass is 16.5. The molecule has 1 fully saturated rings. The number of benzene rings is 2. The second kappa shape index (κ2) is 11.1. The minimum Gasteiger partial charge on any atom is -0.489 e. The molecule has 3 nitrogen and oxygen atoms in total. The molecule has 0 aliphatic heterocycles. The third kappa shape index (κ3) is 6.99. The van der Waals surface area contributed by atoms with Gasteiger partial charge in [0.25, 0.3) is 0 Å². The van der Waals surface area contributed by atoms with Gasteiger partial charge in [0.2, 0.25) is 0 Å². The summed E-state index contributed by atoms with van der Waals surface area (Å²) >= 11 is 0. The van der Waals surface area contributed by atoms with Crippen molar-refractivity contribution in [2.45, 2.75) is 83.7 Å². The van der Waals surface area contributed by atoms with Gasteiger partial charge in [-0.1, -0.05) is 69.7 Å². The van der Waals surface area contributed by atoms with Crippen LogP contribution in [0.1, 0.15) is 88.2 Å². The maximum absolute atomic E-state index is 5.86. The Bertz CT molecular complexity index is 713. The van der Waals surface area contributed by atoms with Crippen LogP contribution in [0.3, 0.4) is 0 Å². The van der Waals surface area contributed by atoms with Crippen LogP contribution in [0.4, 0.5) is 11.4 Å². The van der Waals surface area contributed by atoms with Gasteiger partial charge in [-0.2, -0.15) is 0 Å². The number of hydrogen-bond donors (Lipinski definition) is 2. The summed E-state index contributed by atoms with van der Waals surface area (Å²) in [6.07, 6.45) is 14.0.